The van der Waals surface area contributed by atoms with E-state index in [9.17, 15) is 0 Å². The first-order chi connectivity index (χ1) is 31.5. The number of hydrogen-bond donors (Lipinski definition) is 0. The quantitative estimate of drug-likeness (QED) is 0.102. The zero-order chi connectivity index (χ0) is 47.7. The summed E-state index contributed by atoms with van der Waals surface area (Å²) in [5.41, 5.74) is 7.44. The summed E-state index contributed by atoms with van der Waals surface area (Å²) in [6, 6.07) is 64.6. The number of fused-ring (bicyclic) bond motifs is 2. The fourth-order valence-corrected chi connectivity index (χ4v) is 12.7. The maximum Gasteiger partial charge on any atom is 2.00 e. The smallest absolute Gasteiger partial charge is 0.550 e. The third-order valence-corrected chi connectivity index (χ3v) is 16.0. The molecule has 0 aliphatic carbocycles. The van der Waals surface area contributed by atoms with Crippen LogP contribution in [0.5, 0.6) is 0 Å². The third-order valence-electron chi connectivity index (χ3n) is 11.0. The first-order valence-electron chi connectivity index (χ1n) is 21.6. The van der Waals surface area contributed by atoms with Gasteiger partial charge < -0.3 is 39.4 Å². The van der Waals surface area contributed by atoms with Crippen LogP contribution in [0.25, 0.3) is 32.7 Å². The number of hydrogen-bond acceptors (Lipinski definition) is 8. The number of aliphatic carboxylic acids is 2. The van der Waals surface area contributed by atoms with Gasteiger partial charge in [0.05, 0.1) is 0 Å². The molecule has 0 aromatic heterocycles. The topological polar surface area (TPSA) is 93.2 Å². The van der Waals surface area contributed by atoms with Gasteiger partial charge in [0.1, 0.15) is 0 Å². The van der Waals surface area contributed by atoms with Crippen LogP contribution < -0.4 is 61.6 Å². The number of carboxylic acid groups (broad SMARTS) is 2. The molecule has 11 heteroatoms. The Morgan fingerprint density at radius 1 is 0.358 bits per heavy atom. The van der Waals surface area contributed by atoms with E-state index in [2.05, 4.69) is 246 Å². The van der Waals surface area contributed by atoms with Crippen LogP contribution in [0.15, 0.2) is 170 Å². The normalized spacial score (nSPS) is 10.6. The largest absolute Gasteiger partial charge is 2.00 e. The molecule has 344 valence electrons. The number of carbonyl (C=O) groups excluding carboxylic acids is 2. The van der Waals surface area contributed by atoms with E-state index >= 15 is 0 Å². The van der Waals surface area contributed by atoms with E-state index in [0.717, 1.165) is 13.8 Å². The van der Waals surface area contributed by atoms with Gasteiger partial charge in [0.2, 0.25) is 0 Å². The molecule has 0 saturated heterocycles. The SMILES string of the molecule is CC(=O)[O-].CC(=O)[O-].CN(C)c1ccc(P(c2ccc(N(C)C)cc2)c2ccc3ccccc3c2-c2c(P(c3ccc(N(C)C)cc3)c3ccc(N(C)C)cc3)ccc3ccccc23)cc1.[Ru+2]. The summed E-state index contributed by atoms with van der Waals surface area (Å²) in [5.74, 6) is -2.17. The Hall–Kier alpha value is -6.10. The molecule has 0 N–H and O–H groups in total. The summed E-state index contributed by atoms with van der Waals surface area (Å²) in [5, 5.41) is 30.9. The van der Waals surface area contributed by atoms with Crippen molar-refractivity contribution in [3.05, 3.63) is 170 Å². The van der Waals surface area contributed by atoms with E-state index in [1.165, 1.54) is 87.2 Å². The first-order valence-corrected chi connectivity index (χ1v) is 24.3. The van der Waals surface area contributed by atoms with E-state index < -0.39 is 27.8 Å². The van der Waals surface area contributed by atoms with Gasteiger partial charge in [-0.3, -0.25) is 0 Å². The fourth-order valence-electron chi connectivity index (χ4n) is 7.87. The van der Waals surface area contributed by atoms with Gasteiger partial charge in [-0.2, -0.15) is 0 Å². The zero-order valence-corrected chi connectivity index (χ0v) is 43.4. The van der Waals surface area contributed by atoms with Crippen LogP contribution in [0.1, 0.15) is 13.8 Å². The van der Waals surface area contributed by atoms with Crippen LogP contribution in [-0.4, -0.2) is 68.3 Å². The van der Waals surface area contributed by atoms with Crippen molar-refractivity contribution in [2.24, 2.45) is 0 Å². The monoisotopic (exact) mass is 1010 g/mol. The summed E-state index contributed by atoms with van der Waals surface area (Å²) in [4.78, 5) is 26.5. The second-order valence-corrected chi connectivity index (χ2v) is 21.0. The Morgan fingerprint density at radius 3 is 0.806 bits per heavy atom. The van der Waals surface area contributed by atoms with Crippen LogP contribution in [0.3, 0.4) is 0 Å². The summed E-state index contributed by atoms with van der Waals surface area (Å²) < 4.78 is 0. The van der Waals surface area contributed by atoms with E-state index in [-0.39, 0.29) is 19.5 Å². The number of anilines is 4. The molecule has 0 spiro atoms. The van der Waals surface area contributed by atoms with Crippen molar-refractivity contribution in [3.8, 4) is 11.1 Å². The Labute approximate surface area is 411 Å². The standard InChI is InChI=1S/C52H52N4P2.2C2H4O2.Ru/c1-53(2)39-19-27-43(28-20-39)57(44-29-21-40(22-30-44)54(3)4)49-35-17-37-13-9-11-15-47(37)51(49)52-48-16-12-10-14-38(48)18-36-50(52)58(45-31-23-41(24-32-45)55(5)6)46-33-25-42(26-34-46)56(7)8;2*1-2(3)4;/h9-36H,1-8H3;2*1H3,(H,3,4);/q;;;+2/p-2. The molecule has 8 aromatic rings. The third kappa shape index (κ3) is 12.7. The van der Waals surface area contributed by atoms with Crippen molar-refractivity contribution >= 4 is 104 Å². The average Bonchev–Trinajstić information content (AvgIpc) is 3.29. The summed E-state index contributed by atoms with van der Waals surface area (Å²) in [6.07, 6.45) is 0. The van der Waals surface area contributed by atoms with E-state index in [4.69, 9.17) is 19.8 Å². The van der Waals surface area contributed by atoms with Crippen LogP contribution in [0.4, 0.5) is 22.7 Å². The van der Waals surface area contributed by atoms with Gasteiger partial charge in [0, 0.05) is 91.1 Å². The number of carbonyl (C=O) groups is 2. The molecule has 8 nitrogen and oxygen atoms in total. The molecule has 0 atom stereocenters. The summed E-state index contributed by atoms with van der Waals surface area (Å²) in [7, 11) is 14.9. The van der Waals surface area contributed by atoms with Gasteiger partial charge in [0.15, 0.2) is 0 Å². The number of benzene rings is 8. The first kappa shape index (κ1) is 51.9. The summed E-state index contributed by atoms with van der Waals surface area (Å²) >= 11 is 0. The molecule has 0 aliphatic heterocycles. The molecule has 0 amide bonds. The van der Waals surface area contributed by atoms with E-state index in [1.807, 2.05) is 0 Å². The Morgan fingerprint density at radius 2 is 0.582 bits per heavy atom. The number of nitrogens with zero attached hydrogens (tertiary/aromatic N) is 4. The van der Waals surface area contributed by atoms with Gasteiger partial charge in [-0.05, 0) is 143 Å². The molecule has 0 bridgehead atoms. The van der Waals surface area contributed by atoms with Gasteiger partial charge in [-0.1, -0.05) is 121 Å². The molecular weight excluding hydrogens is 956 g/mol. The molecule has 0 saturated carbocycles. The minimum Gasteiger partial charge on any atom is -0.550 e. The minimum atomic E-state index is -1.08. The second kappa shape index (κ2) is 23.6. The van der Waals surface area contributed by atoms with Crippen molar-refractivity contribution in [1.29, 1.82) is 0 Å². The van der Waals surface area contributed by atoms with Gasteiger partial charge >= 0.3 is 19.5 Å². The zero-order valence-electron chi connectivity index (χ0n) is 39.8. The van der Waals surface area contributed by atoms with Gasteiger partial charge in [-0.25, -0.2) is 0 Å². The van der Waals surface area contributed by atoms with Crippen molar-refractivity contribution < 1.29 is 39.3 Å². The predicted molar refractivity (Wildman–Crippen MR) is 283 cm³/mol. The molecule has 8 aromatic carbocycles. The molecule has 8 rings (SSSR count). The molecule has 67 heavy (non-hydrogen) atoms. The Balaban J connectivity index is 0.000000866. The van der Waals surface area contributed by atoms with Crippen LogP contribution >= 0.6 is 15.8 Å². The maximum atomic E-state index is 8.89. The second-order valence-electron chi connectivity index (χ2n) is 16.7. The van der Waals surface area contributed by atoms with E-state index in [0.29, 0.717) is 0 Å². The average molecular weight is 1010 g/mol. The van der Waals surface area contributed by atoms with Crippen molar-refractivity contribution in [3.63, 3.8) is 0 Å². The van der Waals surface area contributed by atoms with Gasteiger partial charge in [-0.15, -0.1) is 0 Å². The minimum absolute atomic E-state index is 0. The Bertz CT molecular complexity index is 2600. The Kier molecular flexibility index (Phi) is 18.3. The van der Waals surface area contributed by atoms with Crippen molar-refractivity contribution in [2.75, 3.05) is 76.0 Å². The summed E-state index contributed by atoms with van der Waals surface area (Å²) in [6.45, 7) is 1.94. The van der Waals surface area contributed by atoms with Crippen molar-refractivity contribution in [2.45, 2.75) is 13.8 Å². The van der Waals surface area contributed by atoms with Crippen molar-refractivity contribution in [1.82, 2.24) is 0 Å². The molecule has 0 aliphatic rings. The molecule has 0 heterocycles. The van der Waals surface area contributed by atoms with E-state index in [1.54, 1.807) is 0 Å². The van der Waals surface area contributed by atoms with Crippen LogP contribution in [-0.2, 0) is 29.1 Å². The predicted octanol–water partition coefficient (Wildman–Crippen LogP) is 6.95. The maximum absolute atomic E-state index is 8.89. The number of carboxylic acids is 2. The molecule has 0 fully saturated rings. The number of rotatable bonds is 11. The molecule has 0 radical (unpaired) electrons. The van der Waals surface area contributed by atoms with Crippen LogP contribution in [0, 0.1) is 0 Å². The fraction of sp³-hybridized carbons (Fsp3) is 0.179. The van der Waals surface area contributed by atoms with Gasteiger partial charge in [0.25, 0.3) is 0 Å². The molecule has 0 unspecified atom stereocenters. The van der Waals surface area contributed by atoms with Crippen LogP contribution in [0.2, 0.25) is 0 Å². The molecular formula is C56H58N4O4P2Ru.